The van der Waals surface area contributed by atoms with Crippen LogP contribution in [0.15, 0.2) is 18.7 Å². The molecule has 0 amide bonds. The lowest BCUT2D eigenvalue weighted by atomic mass is 9.92. The first kappa shape index (κ1) is 8.31. The Hall–Kier alpha value is -1.29. The first-order valence-corrected chi connectivity index (χ1v) is 4.36. The standard InChI is InChI=1S/C9H11N3O/c13-9-1-2-10-5-8(9)7-3-11-6-12-4-7/h3-4,6,8,10H,1-2,5H2. The molecule has 1 aromatic rings. The van der Waals surface area contributed by atoms with Crippen LogP contribution in [0.3, 0.4) is 0 Å². The van der Waals surface area contributed by atoms with Gasteiger partial charge in [0.15, 0.2) is 0 Å². The molecule has 0 aliphatic carbocycles. The molecule has 4 heteroatoms. The Kier molecular flexibility index (Phi) is 2.31. The molecule has 0 aromatic carbocycles. The van der Waals surface area contributed by atoms with Crippen LogP contribution in [0.2, 0.25) is 0 Å². The molecule has 1 aromatic heterocycles. The van der Waals surface area contributed by atoms with Gasteiger partial charge in [-0.3, -0.25) is 4.79 Å². The summed E-state index contributed by atoms with van der Waals surface area (Å²) in [4.78, 5) is 19.3. The maximum Gasteiger partial charge on any atom is 0.142 e. The molecule has 0 spiro atoms. The summed E-state index contributed by atoms with van der Waals surface area (Å²) in [6, 6.07) is 0. The van der Waals surface area contributed by atoms with Crippen LogP contribution in [0.25, 0.3) is 0 Å². The zero-order valence-electron chi connectivity index (χ0n) is 7.23. The van der Waals surface area contributed by atoms with E-state index in [-0.39, 0.29) is 11.7 Å². The zero-order valence-corrected chi connectivity index (χ0v) is 7.23. The molecule has 1 fully saturated rings. The van der Waals surface area contributed by atoms with Gasteiger partial charge < -0.3 is 5.32 Å². The predicted octanol–water partition coefficient (Wildman–Crippen LogP) is 0.123. The number of aromatic nitrogens is 2. The molecule has 1 unspecified atom stereocenters. The maximum atomic E-state index is 11.5. The molecule has 1 N–H and O–H groups in total. The van der Waals surface area contributed by atoms with Gasteiger partial charge in [-0.15, -0.1) is 0 Å². The normalized spacial score (nSPS) is 23.1. The fraction of sp³-hybridized carbons (Fsp3) is 0.444. The smallest absolute Gasteiger partial charge is 0.142 e. The Bertz CT molecular complexity index is 299. The monoisotopic (exact) mass is 177 g/mol. The Morgan fingerprint density at radius 2 is 2.15 bits per heavy atom. The molecule has 0 radical (unpaired) electrons. The van der Waals surface area contributed by atoms with Crippen molar-refractivity contribution in [1.82, 2.24) is 15.3 Å². The van der Waals surface area contributed by atoms with Gasteiger partial charge in [-0.25, -0.2) is 9.97 Å². The van der Waals surface area contributed by atoms with E-state index in [1.807, 2.05) is 0 Å². The van der Waals surface area contributed by atoms with Crippen LogP contribution in [0.4, 0.5) is 0 Å². The molecule has 4 nitrogen and oxygen atoms in total. The summed E-state index contributed by atoms with van der Waals surface area (Å²) in [5, 5.41) is 3.19. The molecule has 1 aliphatic heterocycles. The van der Waals surface area contributed by atoms with E-state index < -0.39 is 0 Å². The van der Waals surface area contributed by atoms with E-state index in [0.717, 1.165) is 12.1 Å². The second-order valence-electron chi connectivity index (χ2n) is 3.14. The number of piperidine rings is 1. The number of carbonyl (C=O) groups excluding carboxylic acids is 1. The van der Waals surface area contributed by atoms with Crippen LogP contribution in [-0.4, -0.2) is 28.8 Å². The van der Waals surface area contributed by atoms with Gasteiger partial charge in [0.2, 0.25) is 0 Å². The van der Waals surface area contributed by atoms with Crippen LogP contribution in [-0.2, 0) is 4.79 Å². The first-order chi connectivity index (χ1) is 6.38. The summed E-state index contributed by atoms with van der Waals surface area (Å²) in [5.74, 6) is 0.239. The Morgan fingerprint density at radius 3 is 2.85 bits per heavy atom. The number of Topliss-reactive ketones (excluding diaryl/α,β-unsaturated/α-hetero) is 1. The molecule has 68 valence electrons. The number of nitrogens with one attached hydrogen (secondary N) is 1. The third-order valence-corrected chi connectivity index (χ3v) is 2.27. The molecule has 1 saturated heterocycles. The van der Waals surface area contributed by atoms with Crippen LogP contribution in [0.5, 0.6) is 0 Å². The van der Waals surface area contributed by atoms with E-state index in [4.69, 9.17) is 0 Å². The minimum Gasteiger partial charge on any atom is -0.315 e. The fourth-order valence-electron chi connectivity index (χ4n) is 1.54. The third-order valence-electron chi connectivity index (χ3n) is 2.27. The van der Waals surface area contributed by atoms with Crippen molar-refractivity contribution in [3.05, 3.63) is 24.3 Å². The highest BCUT2D eigenvalue weighted by atomic mass is 16.1. The molecular formula is C9H11N3O. The van der Waals surface area contributed by atoms with Gasteiger partial charge in [0.25, 0.3) is 0 Å². The van der Waals surface area contributed by atoms with Gasteiger partial charge in [-0.2, -0.15) is 0 Å². The summed E-state index contributed by atoms with van der Waals surface area (Å²) in [6.07, 6.45) is 5.51. The maximum absolute atomic E-state index is 11.5. The van der Waals surface area contributed by atoms with Gasteiger partial charge in [-0.05, 0) is 0 Å². The second-order valence-corrected chi connectivity index (χ2v) is 3.14. The molecule has 1 aliphatic rings. The average molecular weight is 177 g/mol. The van der Waals surface area contributed by atoms with Gasteiger partial charge >= 0.3 is 0 Å². The average Bonchev–Trinajstić information content (AvgIpc) is 2.20. The van der Waals surface area contributed by atoms with E-state index >= 15 is 0 Å². The zero-order chi connectivity index (χ0) is 9.10. The van der Waals surface area contributed by atoms with Gasteiger partial charge in [0.1, 0.15) is 12.1 Å². The molecule has 2 heterocycles. The number of carbonyl (C=O) groups is 1. The number of hydrogen-bond acceptors (Lipinski definition) is 4. The lowest BCUT2D eigenvalue weighted by molar-refractivity contribution is -0.121. The highest BCUT2D eigenvalue weighted by Crippen LogP contribution is 2.17. The molecule has 0 saturated carbocycles. The van der Waals surface area contributed by atoms with Crippen molar-refractivity contribution in [3.63, 3.8) is 0 Å². The Balaban J connectivity index is 2.20. The van der Waals surface area contributed by atoms with Crippen molar-refractivity contribution < 1.29 is 4.79 Å². The second kappa shape index (κ2) is 3.62. The Labute approximate surface area is 76.4 Å². The van der Waals surface area contributed by atoms with Gasteiger partial charge in [0, 0.05) is 37.5 Å². The lowest BCUT2D eigenvalue weighted by Crippen LogP contribution is -2.35. The van der Waals surface area contributed by atoms with E-state index in [1.165, 1.54) is 6.33 Å². The Morgan fingerprint density at radius 1 is 1.38 bits per heavy atom. The number of ketones is 1. The van der Waals surface area contributed by atoms with E-state index in [0.29, 0.717) is 13.0 Å². The quantitative estimate of drug-likeness (QED) is 0.662. The van der Waals surface area contributed by atoms with Crippen molar-refractivity contribution in [1.29, 1.82) is 0 Å². The van der Waals surface area contributed by atoms with Crippen molar-refractivity contribution in [2.75, 3.05) is 13.1 Å². The van der Waals surface area contributed by atoms with Gasteiger partial charge in [0.05, 0.1) is 5.92 Å². The number of rotatable bonds is 1. The summed E-state index contributed by atoms with van der Waals surface area (Å²) >= 11 is 0. The SMILES string of the molecule is O=C1CCNCC1c1cncnc1. The highest BCUT2D eigenvalue weighted by molar-refractivity contribution is 5.86. The highest BCUT2D eigenvalue weighted by Gasteiger charge is 2.23. The summed E-state index contributed by atoms with van der Waals surface area (Å²) in [7, 11) is 0. The topological polar surface area (TPSA) is 54.9 Å². The molecular weight excluding hydrogens is 166 g/mol. The number of nitrogens with zero attached hydrogens (tertiary/aromatic N) is 2. The fourth-order valence-corrected chi connectivity index (χ4v) is 1.54. The molecule has 1 atom stereocenters. The van der Waals surface area contributed by atoms with Crippen molar-refractivity contribution in [2.45, 2.75) is 12.3 Å². The van der Waals surface area contributed by atoms with E-state index in [2.05, 4.69) is 15.3 Å². The van der Waals surface area contributed by atoms with E-state index in [1.54, 1.807) is 12.4 Å². The molecule has 0 bridgehead atoms. The molecule has 2 rings (SSSR count). The van der Waals surface area contributed by atoms with Crippen LogP contribution >= 0.6 is 0 Å². The third kappa shape index (κ3) is 1.72. The predicted molar refractivity (Wildman–Crippen MR) is 47.3 cm³/mol. The summed E-state index contributed by atoms with van der Waals surface area (Å²) in [6.45, 7) is 1.51. The van der Waals surface area contributed by atoms with E-state index in [9.17, 15) is 4.79 Å². The van der Waals surface area contributed by atoms with Gasteiger partial charge in [-0.1, -0.05) is 0 Å². The van der Waals surface area contributed by atoms with Crippen LogP contribution in [0.1, 0.15) is 17.9 Å². The minimum absolute atomic E-state index is 0.0463. The van der Waals surface area contributed by atoms with Crippen molar-refractivity contribution >= 4 is 5.78 Å². The van der Waals surface area contributed by atoms with Crippen molar-refractivity contribution in [2.24, 2.45) is 0 Å². The minimum atomic E-state index is -0.0463. The summed E-state index contributed by atoms with van der Waals surface area (Å²) < 4.78 is 0. The first-order valence-electron chi connectivity index (χ1n) is 4.36. The van der Waals surface area contributed by atoms with Crippen LogP contribution in [0, 0.1) is 0 Å². The van der Waals surface area contributed by atoms with Crippen molar-refractivity contribution in [3.8, 4) is 0 Å². The number of hydrogen-bond donors (Lipinski definition) is 1. The largest absolute Gasteiger partial charge is 0.315 e. The van der Waals surface area contributed by atoms with Crippen LogP contribution < -0.4 is 5.32 Å². The lowest BCUT2D eigenvalue weighted by Gasteiger charge is -2.20. The molecule has 13 heavy (non-hydrogen) atoms. The summed E-state index contributed by atoms with van der Waals surface area (Å²) in [5.41, 5.74) is 0.916.